The van der Waals surface area contributed by atoms with E-state index in [0.717, 1.165) is 47.8 Å². The highest BCUT2D eigenvalue weighted by atomic mass is 32.1. The van der Waals surface area contributed by atoms with Gasteiger partial charge in [-0.15, -0.1) is 11.3 Å². The number of rotatable bonds is 7. The van der Waals surface area contributed by atoms with E-state index >= 15 is 0 Å². The van der Waals surface area contributed by atoms with E-state index in [1.807, 2.05) is 17.0 Å². The predicted molar refractivity (Wildman–Crippen MR) is 134 cm³/mol. The van der Waals surface area contributed by atoms with E-state index in [1.165, 1.54) is 27.3 Å². The van der Waals surface area contributed by atoms with Crippen molar-refractivity contribution in [3.63, 3.8) is 0 Å². The number of benzene rings is 2. The first-order chi connectivity index (χ1) is 16.4. The van der Waals surface area contributed by atoms with Crippen LogP contribution in [0.3, 0.4) is 0 Å². The van der Waals surface area contributed by atoms with Crippen molar-refractivity contribution in [2.45, 2.75) is 45.6 Å². The van der Waals surface area contributed by atoms with E-state index in [2.05, 4.69) is 43.4 Å². The third kappa shape index (κ3) is 4.88. The first-order valence-corrected chi connectivity index (χ1v) is 12.9. The lowest BCUT2D eigenvalue weighted by Gasteiger charge is -2.17. The van der Waals surface area contributed by atoms with E-state index in [4.69, 9.17) is 9.72 Å². The second kappa shape index (κ2) is 9.72. The molecule has 2 aliphatic heterocycles. The molecule has 0 spiro atoms. The maximum Gasteiger partial charge on any atom is 0.261 e. The van der Waals surface area contributed by atoms with Crippen LogP contribution in [0.1, 0.15) is 34.5 Å². The number of alkyl halides is 2. The number of aromatic nitrogens is 1. The van der Waals surface area contributed by atoms with Crippen LogP contribution in [0, 0.1) is 13.8 Å². The minimum Gasteiger partial charge on any atom is -0.493 e. The Morgan fingerprint density at radius 1 is 1.09 bits per heavy atom. The molecule has 7 heteroatoms. The first kappa shape index (κ1) is 23.4. The molecule has 0 saturated carbocycles. The monoisotopic (exact) mass is 483 g/mol. The third-order valence-corrected chi connectivity index (χ3v) is 8.00. The molecular weight excluding hydrogens is 452 g/mol. The molecule has 0 bridgehead atoms. The quantitative estimate of drug-likeness (QED) is 0.428. The first-order valence-electron chi connectivity index (χ1n) is 12.0. The van der Waals surface area contributed by atoms with Crippen LogP contribution in [-0.4, -0.2) is 48.6 Å². The summed E-state index contributed by atoms with van der Waals surface area (Å²) in [5, 5.41) is 4.52. The highest BCUT2D eigenvalue weighted by Crippen LogP contribution is 2.38. The van der Waals surface area contributed by atoms with E-state index in [-0.39, 0.29) is 13.0 Å². The van der Waals surface area contributed by atoms with Crippen LogP contribution in [0.5, 0.6) is 5.75 Å². The van der Waals surface area contributed by atoms with Crippen molar-refractivity contribution in [3.05, 3.63) is 58.1 Å². The summed E-state index contributed by atoms with van der Waals surface area (Å²) in [6, 6.07) is 12.6. The van der Waals surface area contributed by atoms with E-state index < -0.39 is 5.92 Å². The van der Waals surface area contributed by atoms with E-state index in [9.17, 15) is 8.78 Å². The van der Waals surface area contributed by atoms with E-state index in [1.54, 1.807) is 11.3 Å². The molecule has 2 aliphatic rings. The summed E-state index contributed by atoms with van der Waals surface area (Å²) in [6.45, 7) is 7.65. The van der Waals surface area contributed by atoms with Crippen LogP contribution in [0.25, 0.3) is 21.7 Å². The number of likely N-dealkylation sites (tertiary alicyclic amines) is 1. The second-order valence-corrected chi connectivity index (χ2v) is 10.4. The number of halogens is 2. The average Bonchev–Trinajstić information content (AvgIpc) is 3.40. The lowest BCUT2D eigenvalue weighted by molar-refractivity contribution is 0.0118. The number of hydrogen-bond acceptors (Lipinski definition) is 5. The maximum atomic E-state index is 13.4. The summed E-state index contributed by atoms with van der Waals surface area (Å²) in [6.07, 6.45) is 1.69. The molecule has 0 aliphatic carbocycles. The van der Waals surface area contributed by atoms with Gasteiger partial charge < -0.3 is 10.1 Å². The van der Waals surface area contributed by atoms with Crippen LogP contribution in [0.2, 0.25) is 0 Å². The number of nitrogens with zero attached hydrogens (tertiary/aromatic N) is 2. The number of fused-ring (bicyclic) bond motifs is 1. The Morgan fingerprint density at radius 3 is 2.62 bits per heavy atom. The van der Waals surface area contributed by atoms with Gasteiger partial charge in [0.2, 0.25) is 0 Å². The van der Waals surface area contributed by atoms with Crippen LogP contribution < -0.4 is 10.1 Å². The Bertz CT molecular complexity index is 1150. The smallest absolute Gasteiger partial charge is 0.261 e. The molecule has 1 fully saturated rings. The zero-order valence-corrected chi connectivity index (χ0v) is 20.6. The van der Waals surface area contributed by atoms with Gasteiger partial charge >= 0.3 is 0 Å². The SMILES string of the molecule is Cc1c(OCCCN2CCC(F)(F)C2)cccc1-c1cccc(-c2nc3c(s2)CNCC3)c1C. The fraction of sp³-hybridized carbons (Fsp3) is 0.444. The number of hydrogen-bond donors (Lipinski definition) is 1. The molecule has 34 heavy (non-hydrogen) atoms. The molecule has 3 aromatic rings. The van der Waals surface area contributed by atoms with Gasteiger partial charge in [-0.25, -0.2) is 13.8 Å². The second-order valence-electron chi connectivity index (χ2n) is 9.31. The summed E-state index contributed by atoms with van der Waals surface area (Å²) in [5.41, 5.74) is 7.07. The van der Waals surface area contributed by atoms with Crippen LogP contribution >= 0.6 is 11.3 Å². The van der Waals surface area contributed by atoms with Crippen molar-refractivity contribution in [3.8, 4) is 27.4 Å². The highest BCUT2D eigenvalue weighted by Gasteiger charge is 2.37. The van der Waals surface area contributed by atoms with Crippen molar-refractivity contribution in [1.29, 1.82) is 0 Å². The molecule has 0 amide bonds. The lowest BCUT2D eigenvalue weighted by atomic mass is 9.93. The standard InChI is InChI=1S/C27H31F2N3OS/c1-18-20(6-3-8-22(18)26-31-23-10-12-30-16-25(23)34-26)21-7-4-9-24(19(21)2)33-15-5-13-32-14-11-27(28,29)17-32/h3-4,6-9,30H,5,10-17H2,1-2H3. The van der Waals surface area contributed by atoms with Gasteiger partial charge in [-0.05, 0) is 48.6 Å². The zero-order chi connectivity index (χ0) is 23.7. The summed E-state index contributed by atoms with van der Waals surface area (Å²) in [5.74, 6) is -1.68. The molecule has 1 saturated heterocycles. The van der Waals surface area contributed by atoms with Gasteiger partial charge in [-0.1, -0.05) is 30.3 Å². The van der Waals surface area contributed by atoms with Crippen molar-refractivity contribution >= 4 is 11.3 Å². The number of thiazole rings is 1. The molecule has 0 radical (unpaired) electrons. The molecule has 1 aromatic heterocycles. The number of nitrogens with one attached hydrogen (secondary N) is 1. The average molecular weight is 484 g/mol. The minimum absolute atomic E-state index is 0.0338. The third-order valence-electron chi connectivity index (χ3n) is 6.87. The molecular formula is C27H31F2N3OS. The molecule has 0 atom stereocenters. The van der Waals surface area contributed by atoms with Crippen LogP contribution in [-0.2, 0) is 13.0 Å². The largest absolute Gasteiger partial charge is 0.493 e. The number of ether oxygens (including phenoxy) is 1. The summed E-state index contributed by atoms with van der Waals surface area (Å²) in [7, 11) is 0. The Balaban J connectivity index is 1.31. The Morgan fingerprint density at radius 2 is 1.85 bits per heavy atom. The van der Waals surface area contributed by atoms with Crippen molar-refractivity contribution in [2.24, 2.45) is 0 Å². The summed E-state index contributed by atoms with van der Waals surface area (Å²) in [4.78, 5) is 8.12. The van der Waals surface area contributed by atoms with Crippen LogP contribution in [0.4, 0.5) is 8.78 Å². The topological polar surface area (TPSA) is 37.4 Å². The van der Waals surface area contributed by atoms with Crippen molar-refractivity contribution in [2.75, 3.05) is 32.8 Å². The molecule has 3 heterocycles. The van der Waals surface area contributed by atoms with Crippen molar-refractivity contribution < 1.29 is 13.5 Å². The predicted octanol–water partition coefficient (Wildman–Crippen LogP) is 5.85. The molecule has 5 rings (SSSR count). The maximum absolute atomic E-state index is 13.4. The fourth-order valence-corrected chi connectivity index (χ4v) is 6.09. The van der Waals surface area contributed by atoms with Crippen molar-refractivity contribution in [1.82, 2.24) is 15.2 Å². The molecule has 2 aromatic carbocycles. The van der Waals surface area contributed by atoms with Gasteiger partial charge in [-0.3, -0.25) is 4.90 Å². The van der Waals surface area contributed by atoms with Gasteiger partial charge in [-0.2, -0.15) is 0 Å². The molecule has 180 valence electrons. The molecule has 4 nitrogen and oxygen atoms in total. The summed E-state index contributed by atoms with van der Waals surface area (Å²) >= 11 is 1.79. The minimum atomic E-state index is -2.53. The van der Waals surface area contributed by atoms with Gasteiger partial charge in [0.15, 0.2) is 0 Å². The zero-order valence-electron chi connectivity index (χ0n) is 19.8. The van der Waals surface area contributed by atoms with Gasteiger partial charge in [0.05, 0.1) is 18.8 Å². The fourth-order valence-electron chi connectivity index (χ4n) is 4.93. The molecule has 0 unspecified atom stereocenters. The molecule has 1 N–H and O–H groups in total. The normalized spacial score (nSPS) is 17.6. The van der Waals surface area contributed by atoms with E-state index in [0.29, 0.717) is 19.7 Å². The lowest BCUT2D eigenvalue weighted by Crippen LogP contribution is -2.27. The van der Waals surface area contributed by atoms with Gasteiger partial charge in [0.25, 0.3) is 5.92 Å². The Kier molecular flexibility index (Phi) is 6.69. The summed E-state index contributed by atoms with van der Waals surface area (Å²) < 4.78 is 32.8. The van der Waals surface area contributed by atoms with Crippen LogP contribution in [0.15, 0.2) is 36.4 Å². The van der Waals surface area contributed by atoms with Gasteiger partial charge in [0, 0.05) is 49.5 Å². The Hall–Kier alpha value is -2.35. The Labute approximate surface area is 204 Å². The highest BCUT2D eigenvalue weighted by molar-refractivity contribution is 7.15. The van der Waals surface area contributed by atoms with Gasteiger partial charge in [0.1, 0.15) is 10.8 Å².